The summed E-state index contributed by atoms with van der Waals surface area (Å²) in [5.74, 6) is 0.930. The summed E-state index contributed by atoms with van der Waals surface area (Å²) < 4.78 is 15.6. The highest BCUT2D eigenvalue weighted by Crippen LogP contribution is 2.10. The lowest BCUT2D eigenvalue weighted by Gasteiger charge is -2.09. The van der Waals surface area contributed by atoms with Crippen LogP contribution in [0.15, 0.2) is 0 Å². The first kappa shape index (κ1) is 16.4. The molecule has 1 aromatic heterocycles. The van der Waals surface area contributed by atoms with Crippen molar-refractivity contribution in [2.24, 2.45) is 0 Å². The van der Waals surface area contributed by atoms with E-state index in [4.69, 9.17) is 14.2 Å². The minimum Gasteiger partial charge on any atom is -0.463 e. The van der Waals surface area contributed by atoms with Crippen LogP contribution < -0.4 is 15.4 Å². The Kier molecular flexibility index (Phi) is 8.32. The molecule has 1 rings (SSSR count). The second kappa shape index (κ2) is 10.2. The second-order valence-electron chi connectivity index (χ2n) is 3.90. The Morgan fingerprint density at radius 3 is 2.50 bits per heavy atom. The molecule has 0 aliphatic rings. The van der Waals surface area contributed by atoms with Crippen LogP contribution in [-0.2, 0) is 9.47 Å². The summed E-state index contributed by atoms with van der Waals surface area (Å²) in [6, 6.07) is 0.314. The van der Waals surface area contributed by atoms with Gasteiger partial charge in [-0.2, -0.15) is 15.0 Å². The fourth-order valence-electron chi connectivity index (χ4n) is 1.28. The zero-order valence-corrected chi connectivity index (χ0v) is 12.3. The summed E-state index contributed by atoms with van der Waals surface area (Å²) in [5.41, 5.74) is 0. The van der Waals surface area contributed by atoms with Crippen LogP contribution in [0.2, 0.25) is 0 Å². The van der Waals surface area contributed by atoms with E-state index in [2.05, 4.69) is 25.6 Å². The van der Waals surface area contributed by atoms with Crippen LogP contribution >= 0.6 is 0 Å². The summed E-state index contributed by atoms with van der Waals surface area (Å²) in [6.45, 7) is 4.91. The molecule has 0 saturated heterocycles. The number of methoxy groups -OCH3 is 1. The van der Waals surface area contributed by atoms with E-state index in [1.807, 2.05) is 6.92 Å². The molecule has 0 bridgehead atoms. The number of hydrogen-bond donors (Lipinski definition) is 2. The molecule has 0 radical (unpaired) electrons. The Hall–Kier alpha value is -1.67. The molecular formula is C12H23N5O3. The molecule has 0 aliphatic carbocycles. The molecule has 8 heteroatoms. The number of aromatic nitrogens is 3. The smallest absolute Gasteiger partial charge is 0.323 e. The standard InChI is InChI=1S/C12H23N5O3/c1-4-6-20-12-16-10(13-2)15-11(17-12)14-5-7-19-9-8-18-3/h4-9H2,1-3H3,(H2,13,14,15,16,17). The van der Waals surface area contributed by atoms with Crippen LogP contribution in [-0.4, -0.2) is 62.1 Å². The molecule has 0 amide bonds. The van der Waals surface area contributed by atoms with Gasteiger partial charge >= 0.3 is 6.01 Å². The van der Waals surface area contributed by atoms with Gasteiger partial charge in [-0.15, -0.1) is 0 Å². The molecule has 0 saturated carbocycles. The molecule has 2 N–H and O–H groups in total. The Labute approximate surface area is 119 Å². The maximum Gasteiger partial charge on any atom is 0.323 e. The lowest BCUT2D eigenvalue weighted by molar-refractivity contribution is 0.0758. The average Bonchev–Trinajstić information content (AvgIpc) is 2.48. The van der Waals surface area contributed by atoms with Crippen molar-refractivity contribution in [3.8, 4) is 6.01 Å². The quantitative estimate of drug-likeness (QED) is 0.576. The maximum absolute atomic E-state index is 5.41. The highest BCUT2D eigenvalue weighted by atomic mass is 16.5. The molecule has 114 valence electrons. The monoisotopic (exact) mass is 285 g/mol. The first-order chi connectivity index (χ1) is 9.80. The maximum atomic E-state index is 5.41. The number of anilines is 2. The number of rotatable bonds is 11. The third-order valence-corrected chi connectivity index (χ3v) is 2.24. The summed E-state index contributed by atoms with van der Waals surface area (Å²) in [7, 11) is 3.39. The van der Waals surface area contributed by atoms with Crippen LogP contribution in [0.1, 0.15) is 13.3 Å². The molecule has 1 heterocycles. The summed E-state index contributed by atoms with van der Waals surface area (Å²) >= 11 is 0. The summed E-state index contributed by atoms with van der Waals surface area (Å²) in [4.78, 5) is 12.5. The second-order valence-corrected chi connectivity index (χ2v) is 3.90. The van der Waals surface area contributed by atoms with E-state index in [-0.39, 0.29) is 0 Å². The lowest BCUT2D eigenvalue weighted by Crippen LogP contribution is -2.15. The predicted molar refractivity (Wildman–Crippen MR) is 76.3 cm³/mol. The number of hydrogen-bond acceptors (Lipinski definition) is 8. The summed E-state index contributed by atoms with van der Waals surface area (Å²) in [5, 5.41) is 5.94. The van der Waals surface area contributed by atoms with Gasteiger partial charge in [0.2, 0.25) is 11.9 Å². The van der Waals surface area contributed by atoms with Crippen molar-refractivity contribution in [3.63, 3.8) is 0 Å². The summed E-state index contributed by atoms with van der Waals surface area (Å²) in [6.07, 6.45) is 0.899. The zero-order chi connectivity index (χ0) is 14.6. The molecule has 1 aromatic rings. The molecule has 0 aliphatic heterocycles. The van der Waals surface area contributed by atoms with Gasteiger partial charge in [-0.05, 0) is 6.42 Å². The van der Waals surface area contributed by atoms with Gasteiger partial charge < -0.3 is 24.8 Å². The molecule has 8 nitrogen and oxygen atoms in total. The minimum absolute atomic E-state index is 0.314. The largest absolute Gasteiger partial charge is 0.463 e. The number of nitrogens with zero attached hydrogens (tertiary/aromatic N) is 3. The van der Waals surface area contributed by atoms with Gasteiger partial charge in [-0.1, -0.05) is 6.92 Å². The van der Waals surface area contributed by atoms with E-state index in [0.29, 0.717) is 50.9 Å². The SMILES string of the molecule is CCCOc1nc(NC)nc(NCCOCCOC)n1. The van der Waals surface area contributed by atoms with Gasteiger partial charge in [0, 0.05) is 20.7 Å². The predicted octanol–water partition coefficient (Wildman–Crippen LogP) is 0.777. The Morgan fingerprint density at radius 1 is 1.00 bits per heavy atom. The highest BCUT2D eigenvalue weighted by molar-refractivity contribution is 5.35. The molecule has 0 atom stereocenters. The molecular weight excluding hydrogens is 262 g/mol. The Morgan fingerprint density at radius 2 is 1.80 bits per heavy atom. The Bertz CT molecular complexity index is 378. The minimum atomic E-state index is 0.314. The topological polar surface area (TPSA) is 90.4 Å². The highest BCUT2D eigenvalue weighted by Gasteiger charge is 2.05. The van der Waals surface area contributed by atoms with Crippen molar-refractivity contribution in [2.45, 2.75) is 13.3 Å². The normalized spacial score (nSPS) is 10.3. The van der Waals surface area contributed by atoms with Crippen molar-refractivity contribution in [1.82, 2.24) is 15.0 Å². The number of ether oxygens (including phenoxy) is 3. The van der Waals surface area contributed by atoms with Gasteiger partial charge in [0.05, 0.1) is 26.4 Å². The van der Waals surface area contributed by atoms with Crippen LogP contribution in [0, 0.1) is 0 Å². The fraction of sp³-hybridized carbons (Fsp3) is 0.750. The van der Waals surface area contributed by atoms with Crippen molar-refractivity contribution in [1.29, 1.82) is 0 Å². The van der Waals surface area contributed by atoms with Crippen molar-refractivity contribution >= 4 is 11.9 Å². The molecule has 20 heavy (non-hydrogen) atoms. The lowest BCUT2D eigenvalue weighted by atomic mass is 10.5. The van der Waals surface area contributed by atoms with E-state index in [1.165, 1.54) is 0 Å². The zero-order valence-electron chi connectivity index (χ0n) is 12.3. The van der Waals surface area contributed by atoms with Crippen molar-refractivity contribution < 1.29 is 14.2 Å². The van der Waals surface area contributed by atoms with E-state index in [1.54, 1.807) is 14.2 Å². The number of nitrogens with one attached hydrogen (secondary N) is 2. The van der Waals surface area contributed by atoms with Crippen LogP contribution in [0.4, 0.5) is 11.9 Å². The first-order valence-corrected chi connectivity index (χ1v) is 6.67. The van der Waals surface area contributed by atoms with Crippen molar-refractivity contribution in [3.05, 3.63) is 0 Å². The van der Waals surface area contributed by atoms with Crippen LogP contribution in [0.5, 0.6) is 6.01 Å². The average molecular weight is 285 g/mol. The van der Waals surface area contributed by atoms with E-state index in [9.17, 15) is 0 Å². The van der Waals surface area contributed by atoms with Gasteiger partial charge in [-0.25, -0.2) is 0 Å². The Balaban J connectivity index is 2.42. The molecule has 0 spiro atoms. The fourth-order valence-corrected chi connectivity index (χ4v) is 1.28. The first-order valence-electron chi connectivity index (χ1n) is 6.67. The van der Waals surface area contributed by atoms with Gasteiger partial charge in [0.25, 0.3) is 0 Å². The third kappa shape index (κ3) is 6.48. The van der Waals surface area contributed by atoms with Crippen LogP contribution in [0.25, 0.3) is 0 Å². The van der Waals surface area contributed by atoms with Gasteiger partial charge in [0.15, 0.2) is 0 Å². The molecule has 0 fully saturated rings. The van der Waals surface area contributed by atoms with E-state index in [0.717, 1.165) is 6.42 Å². The molecule has 0 aromatic carbocycles. The van der Waals surface area contributed by atoms with Gasteiger partial charge in [0.1, 0.15) is 0 Å². The van der Waals surface area contributed by atoms with Gasteiger partial charge in [-0.3, -0.25) is 0 Å². The molecule has 0 unspecified atom stereocenters. The van der Waals surface area contributed by atoms with Crippen molar-refractivity contribution in [2.75, 3.05) is 57.8 Å². The van der Waals surface area contributed by atoms with E-state index < -0.39 is 0 Å². The van der Waals surface area contributed by atoms with E-state index >= 15 is 0 Å². The third-order valence-electron chi connectivity index (χ3n) is 2.24. The van der Waals surface area contributed by atoms with Crippen LogP contribution in [0.3, 0.4) is 0 Å².